The molecule has 1 amide bonds. The van der Waals surface area contributed by atoms with Crippen molar-refractivity contribution in [3.63, 3.8) is 0 Å². The molecule has 2 aromatic carbocycles. The van der Waals surface area contributed by atoms with Crippen molar-refractivity contribution >= 4 is 34.8 Å². The Morgan fingerprint density at radius 1 is 1.11 bits per heavy atom. The summed E-state index contributed by atoms with van der Waals surface area (Å²) in [5, 5.41) is 14.8. The summed E-state index contributed by atoms with van der Waals surface area (Å²) in [5.74, 6) is 0.438. The zero-order chi connectivity index (χ0) is 20.0. The number of nitro benzene ring substituents is 1. The lowest BCUT2D eigenvalue weighted by molar-refractivity contribution is -0.385. The third kappa shape index (κ3) is 5.48. The van der Waals surface area contributed by atoms with Crippen LogP contribution in [0, 0.1) is 10.1 Å². The van der Waals surface area contributed by atoms with Crippen molar-refractivity contribution in [1.82, 2.24) is 5.32 Å². The summed E-state index contributed by atoms with van der Waals surface area (Å²) in [6.07, 6.45) is 0.398. The average Bonchev–Trinajstić information content (AvgIpc) is 2.64. The largest absolute Gasteiger partial charge is 0.493 e. The lowest BCUT2D eigenvalue weighted by atomic mass is 10.1. The summed E-state index contributed by atoms with van der Waals surface area (Å²) in [4.78, 5) is 22.9. The van der Waals surface area contributed by atoms with Gasteiger partial charge in [0.2, 0.25) is 5.91 Å². The quantitative estimate of drug-likeness (QED) is 0.525. The first-order valence-electron chi connectivity index (χ1n) is 7.95. The summed E-state index contributed by atoms with van der Waals surface area (Å²) in [6.45, 7) is 0.233. The van der Waals surface area contributed by atoms with E-state index < -0.39 is 4.92 Å². The van der Waals surface area contributed by atoms with Gasteiger partial charge in [0.15, 0.2) is 11.5 Å². The minimum atomic E-state index is -0.491. The third-order valence-corrected chi connectivity index (χ3v) is 4.59. The van der Waals surface area contributed by atoms with E-state index in [1.807, 2.05) is 0 Å². The number of hydrogen-bond acceptors (Lipinski definition) is 5. The minimum absolute atomic E-state index is 0.0913. The van der Waals surface area contributed by atoms with E-state index in [0.717, 1.165) is 5.56 Å². The van der Waals surface area contributed by atoms with Crippen LogP contribution in [0.2, 0.25) is 10.0 Å². The number of carbonyl (C=O) groups excluding carboxylic acids is 1. The van der Waals surface area contributed by atoms with Crippen LogP contribution in [-0.2, 0) is 17.6 Å². The van der Waals surface area contributed by atoms with Crippen LogP contribution in [0.25, 0.3) is 0 Å². The topological polar surface area (TPSA) is 90.7 Å². The summed E-state index contributed by atoms with van der Waals surface area (Å²) >= 11 is 11.8. The Hall–Kier alpha value is -2.51. The first kappa shape index (κ1) is 20.8. The summed E-state index contributed by atoms with van der Waals surface area (Å²) < 4.78 is 10.3. The first-order chi connectivity index (χ1) is 12.8. The monoisotopic (exact) mass is 412 g/mol. The molecule has 0 unspecified atom stereocenters. The van der Waals surface area contributed by atoms with Crippen molar-refractivity contribution < 1.29 is 19.2 Å². The number of nitro groups is 1. The predicted octanol–water partition coefficient (Wildman–Crippen LogP) is 3.82. The van der Waals surface area contributed by atoms with E-state index >= 15 is 0 Å². The van der Waals surface area contributed by atoms with E-state index in [2.05, 4.69) is 5.32 Å². The molecule has 2 rings (SSSR count). The molecule has 27 heavy (non-hydrogen) atoms. The van der Waals surface area contributed by atoms with E-state index in [1.54, 1.807) is 24.3 Å². The van der Waals surface area contributed by atoms with E-state index in [1.165, 1.54) is 20.3 Å². The second-order valence-corrected chi connectivity index (χ2v) is 6.43. The van der Waals surface area contributed by atoms with Gasteiger partial charge in [-0.3, -0.25) is 14.9 Å². The molecule has 0 saturated heterocycles. The average molecular weight is 413 g/mol. The molecule has 0 aromatic heterocycles. The van der Waals surface area contributed by atoms with Crippen LogP contribution in [-0.4, -0.2) is 31.6 Å². The molecule has 0 aliphatic carbocycles. The molecule has 0 bridgehead atoms. The molecule has 0 aliphatic heterocycles. The van der Waals surface area contributed by atoms with Crippen molar-refractivity contribution in [2.24, 2.45) is 0 Å². The van der Waals surface area contributed by atoms with E-state index in [9.17, 15) is 14.9 Å². The molecule has 0 saturated carbocycles. The van der Waals surface area contributed by atoms with Gasteiger partial charge in [-0.2, -0.15) is 0 Å². The molecule has 0 fully saturated rings. The van der Waals surface area contributed by atoms with Gasteiger partial charge in [-0.15, -0.1) is 0 Å². The highest BCUT2D eigenvalue weighted by molar-refractivity contribution is 6.42. The minimum Gasteiger partial charge on any atom is -0.493 e. The maximum atomic E-state index is 12.1. The number of benzene rings is 2. The molecule has 0 heterocycles. The molecule has 0 atom stereocenters. The maximum Gasteiger partial charge on any atom is 0.276 e. The number of halogens is 2. The van der Waals surface area contributed by atoms with Gasteiger partial charge in [-0.05, 0) is 30.2 Å². The Bertz CT molecular complexity index is 858. The molecule has 0 radical (unpaired) electrons. The number of methoxy groups -OCH3 is 2. The number of rotatable bonds is 8. The predicted molar refractivity (Wildman–Crippen MR) is 103 cm³/mol. The fourth-order valence-electron chi connectivity index (χ4n) is 2.51. The van der Waals surface area contributed by atoms with Crippen LogP contribution in [0.1, 0.15) is 11.1 Å². The number of ether oxygens (including phenoxy) is 2. The Labute approximate surface area is 166 Å². The molecule has 7 nitrogen and oxygen atoms in total. The van der Waals surface area contributed by atoms with Gasteiger partial charge in [0.25, 0.3) is 5.69 Å². The van der Waals surface area contributed by atoms with Gasteiger partial charge in [0.1, 0.15) is 0 Å². The molecule has 9 heteroatoms. The zero-order valence-corrected chi connectivity index (χ0v) is 16.3. The molecule has 1 N–H and O–H groups in total. The van der Waals surface area contributed by atoms with Gasteiger partial charge in [-0.1, -0.05) is 29.3 Å². The third-order valence-electron chi connectivity index (χ3n) is 3.85. The standard InChI is InChI=1S/C18H18Cl2N2O5/c1-26-16-9-12(15(22(24)25)10-17(16)27-2)5-6-21-18(23)8-11-3-4-13(19)14(20)7-11/h3-4,7,9-10H,5-6,8H2,1-2H3,(H,21,23). The fourth-order valence-corrected chi connectivity index (χ4v) is 2.84. The number of hydrogen-bond donors (Lipinski definition) is 1. The van der Waals surface area contributed by atoms with E-state index in [-0.39, 0.29) is 36.7 Å². The molecular formula is C18H18Cl2N2O5. The van der Waals surface area contributed by atoms with Crippen LogP contribution in [0.5, 0.6) is 11.5 Å². The normalized spacial score (nSPS) is 10.4. The second kappa shape index (κ2) is 9.43. The molecule has 144 valence electrons. The molecule has 2 aromatic rings. The van der Waals surface area contributed by atoms with Crippen molar-refractivity contribution in [2.45, 2.75) is 12.8 Å². The zero-order valence-electron chi connectivity index (χ0n) is 14.8. The Morgan fingerprint density at radius 2 is 1.78 bits per heavy atom. The Kier molecular flexibility index (Phi) is 7.27. The first-order valence-corrected chi connectivity index (χ1v) is 8.71. The van der Waals surface area contributed by atoms with Crippen molar-refractivity contribution in [2.75, 3.05) is 20.8 Å². The van der Waals surface area contributed by atoms with Crippen molar-refractivity contribution in [1.29, 1.82) is 0 Å². The molecular weight excluding hydrogens is 395 g/mol. The van der Waals surface area contributed by atoms with Crippen LogP contribution < -0.4 is 14.8 Å². The van der Waals surface area contributed by atoms with Gasteiger partial charge >= 0.3 is 0 Å². The highest BCUT2D eigenvalue weighted by Gasteiger charge is 2.19. The van der Waals surface area contributed by atoms with Crippen molar-refractivity contribution in [3.8, 4) is 11.5 Å². The van der Waals surface area contributed by atoms with Crippen molar-refractivity contribution in [3.05, 3.63) is 61.6 Å². The van der Waals surface area contributed by atoms with Gasteiger partial charge in [0.05, 0.1) is 41.7 Å². The summed E-state index contributed by atoms with van der Waals surface area (Å²) in [6, 6.07) is 7.82. The van der Waals surface area contributed by atoms with Crippen LogP contribution in [0.3, 0.4) is 0 Å². The summed E-state index contributed by atoms with van der Waals surface area (Å²) in [5.41, 5.74) is 1.07. The smallest absolute Gasteiger partial charge is 0.276 e. The van der Waals surface area contributed by atoms with Crippen LogP contribution >= 0.6 is 23.2 Å². The second-order valence-electron chi connectivity index (χ2n) is 5.62. The highest BCUT2D eigenvalue weighted by Crippen LogP contribution is 2.34. The summed E-state index contributed by atoms with van der Waals surface area (Å²) in [7, 11) is 2.86. The Balaban J connectivity index is 2.02. The van der Waals surface area contributed by atoms with Gasteiger partial charge < -0.3 is 14.8 Å². The van der Waals surface area contributed by atoms with Crippen LogP contribution in [0.15, 0.2) is 30.3 Å². The lowest BCUT2D eigenvalue weighted by Crippen LogP contribution is -2.27. The SMILES string of the molecule is COc1cc(CCNC(=O)Cc2ccc(Cl)c(Cl)c2)c([N+](=O)[O-])cc1OC. The number of nitrogens with zero attached hydrogens (tertiary/aromatic N) is 1. The maximum absolute atomic E-state index is 12.1. The lowest BCUT2D eigenvalue weighted by Gasteiger charge is -2.11. The molecule has 0 spiro atoms. The number of carbonyl (C=O) groups is 1. The van der Waals surface area contributed by atoms with Crippen LogP contribution in [0.4, 0.5) is 5.69 Å². The Morgan fingerprint density at radius 3 is 2.37 bits per heavy atom. The number of nitrogens with one attached hydrogen (secondary N) is 1. The van der Waals surface area contributed by atoms with Gasteiger partial charge in [-0.25, -0.2) is 0 Å². The van der Waals surface area contributed by atoms with E-state index in [0.29, 0.717) is 21.4 Å². The van der Waals surface area contributed by atoms with E-state index in [4.69, 9.17) is 32.7 Å². The highest BCUT2D eigenvalue weighted by atomic mass is 35.5. The number of amides is 1. The van der Waals surface area contributed by atoms with Gasteiger partial charge in [0, 0.05) is 12.1 Å². The fraction of sp³-hybridized carbons (Fsp3) is 0.278. The molecule has 0 aliphatic rings.